The Labute approximate surface area is 143 Å². The lowest BCUT2D eigenvalue weighted by molar-refractivity contribution is 0.425. The van der Waals surface area contributed by atoms with Crippen LogP contribution in [0.15, 0.2) is 42.6 Å². The average Bonchev–Trinajstić information content (AvgIpc) is 2.99. The second-order valence-electron chi connectivity index (χ2n) is 6.61. The van der Waals surface area contributed by atoms with Crippen molar-refractivity contribution in [3.63, 3.8) is 0 Å². The van der Waals surface area contributed by atoms with Crippen molar-refractivity contribution in [3.8, 4) is 11.1 Å². The van der Waals surface area contributed by atoms with Gasteiger partial charge in [0.1, 0.15) is 5.82 Å². The molecule has 5 nitrogen and oxygen atoms in total. The van der Waals surface area contributed by atoms with Gasteiger partial charge in [-0.2, -0.15) is 9.61 Å². The van der Waals surface area contributed by atoms with Gasteiger partial charge >= 0.3 is 0 Å². The molecule has 1 aromatic carbocycles. The van der Waals surface area contributed by atoms with Crippen molar-refractivity contribution in [1.29, 1.82) is 0 Å². The van der Waals surface area contributed by atoms with Crippen LogP contribution in [-0.2, 0) is 0 Å². The Morgan fingerprint density at radius 3 is 2.58 bits per heavy atom. The first-order chi connectivity index (χ1) is 11.6. The number of benzene rings is 1. The van der Waals surface area contributed by atoms with Gasteiger partial charge in [-0.05, 0) is 25.6 Å². The number of likely N-dealkylation sites (N-methyl/N-ethyl adjacent to an activating group) is 1. The molecule has 0 unspecified atom stereocenters. The van der Waals surface area contributed by atoms with Crippen LogP contribution in [0.5, 0.6) is 0 Å². The SMILES string of the molecule is CC(C)c1cc(NCCN(C)C)n2ncc(-c3ccccc3)c2n1. The molecule has 0 atom stereocenters. The molecule has 24 heavy (non-hydrogen) atoms. The Morgan fingerprint density at radius 2 is 1.92 bits per heavy atom. The molecule has 0 bridgehead atoms. The fourth-order valence-corrected chi connectivity index (χ4v) is 2.63. The van der Waals surface area contributed by atoms with Gasteiger partial charge in [0.15, 0.2) is 5.65 Å². The maximum atomic E-state index is 4.86. The van der Waals surface area contributed by atoms with E-state index in [9.17, 15) is 0 Å². The molecule has 0 aliphatic carbocycles. The number of nitrogens with zero attached hydrogens (tertiary/aromatic N) is 4. The molecule has 0 aliphatic heterocycles. The standard InChI is InChI=1S/C19H25N5/c1-14(2)17-12-18(20-10-11-23(3)4)24-19(22-17)16(13-21-24)15-8-6-5-7-9-15/h5-9,12-14,20H,10-11H2,1-4H3. The Hall–Kier alpha value is -2.40. The van der Waals surface area contributed by atoms with E-state index in [-0.39, 0.29) is 0 Å². The summed E-state index contributed by atoms with van der Waals surface area (Å²) in [5.41, 5.74) is 4.18. The second-order valence-corrected chi connectivity index (χ2v) is 6.61. The minimum absolute atomic E-state index is 0.364. The first-order valence-electron chi connectivity index (χ1n) is 8.39. The number of rotatable bonds is 6. The van der Waals surface area contributed by atoms with Crippen molar-refractivity contribution >= 4 is 11.5 Å². The zero-order chi connectivity index (χ0) is 17.1. The van der Waals surface area contributed by atoms with Crippen LogP contribution >= 0.6 is 0 Å². The summed E-state index contributed by atoms with van der Waals surface area (Å²) in [7, 11) is 4.15. The minimum atomic E-state index is 0.364. The highest BCUT2D eigenvalue weighted by Gasteiger charge is 2.14. The fourth-order valence-electron chi connectivity index (χ4n) is 2.63. The van der Waals surface area contributed by atoms with Crippen LogP contribution in [0, 0.1) is 0 Å². The Bertz CT molecular complexity index is 805. The van der Waals surface area contributed by atoms with E-state index in [1.165, 1.54) is 0 Å². The van der Waals surface area contributed by atoms with Gasteiger partial charge in [0.2, 0.25) is 0 Å². The van der Waals surface area contributed by atoms with Crippen molar-refractivity contribution in [3.05, 3.63) is 48.3 Å². The Balaban J connectivity index is 2.06. The average molecular weight is 323 g/mol. The van der Waals surface area contributed by atoms with E-state index in [0.29, 0.717) is 5.92 Å². The maximum absolute atomic E-state index is 4.86. The van der Waals surface area contributed by atoms with Gasteiger partial charge in [0, 0.05) is 30.4 Å². The first-order valence-corrected chi connectivity index (χ1v) is 8.39. The van der Waals surface area contributed by atoms with Crippen LogP contribution in [-0.4, -0.2) is 46.7 Å². The van der Waals surface area contributed by atoms with Crippen molar-refractivity contribution < 1.29 is 0 Å². The quantitative estimate of drug-likeness (QED) is 0.754. The summed E-state index contributed by atoms with van der Waals surface area (Å²) in [6, 6.07) is 12.4. The first kappa shape index (κ1) is 16.5. The van der Waals surface area contributed by atoms with Gasteiger partial charge in [-0.1, -0.05) is 44.2 Å². The fraction of sp³-hybridized carbons (Fsp3) is 0.368. The lowest BCUT2D eigenvalue weighted by Gasteiger charge is -2.14. The van der Waals surface area contributed by atoms with Crippen LogP contribution < -0.4 is 5.32 Å². The van der Waals surface area contributed by atoms with E-state index in [1.807, 2.05) is 28.9 Å². The number of anilines is 1. The topological polar surface area (TPSA) is 45.5 Å². The number of hydrogen-bond acceptors (Lipinski definition) is 4. The van der Waals surface area contributed by atoms with Crippen molar-refractivity contribution in [2.24, 2.45) is 0 Å². The van der Waals surface area contributed by atoms with Crippen LogP contribution in [0.3, 0.4) is 0 Å². The Kier molecular flexibility index (Phi) is 4.81. The molecule has 0 fully saturated rings. The summed E-state index contributed by atoms with van der Waals surface area (Å²) in [4.78, 5) is 7.02. The lowest BCUT2D eigenvalue weighted by Crippen LogP contribution is -2.22. The molecule has 0 aliphatic rings. The molecule has 0 saturated heterocycles. The molecule has 2 heterocycles. The molecular weight excluding hydrogens is 298 g/mol. The molecule has 1 N–H and O–H groups in total. The normalized spacial score (nSPS) is 11.6. The van der Waals surface area contributed by atoms with E-state index in [1.54, 1.807) is 0 Å². The van der Waals surface area contributed by atoms with E-state index >= 15 is 0 Å². The largest absolute Gasteiger partial charge is 0.369 e. The van der Waals surface area contributed by atoms with Crippen LogP contribution in [0.25, 0.3) is 16.8 Å². The predicted molar refractivity (Wildman–Crippen MR) is 99.6 cm³/mol. The number of aromatic nitrogens is 3. The van der Waals surface area contributed by atoms with E-state index in [2.05, 4.69) is 61.5 Å². The van der Waals surface area contributed by atoms with Crippen LogP contribution in [0.4, 0.5) is 5.82 Å². The van der Waals surface area contributed by atoms with Crippen LogP contribution in [0.1, 0.15) is 25.5 Å². The monoisotopic (exact) mass is 323 g/mol. The van der Waals surface area contributed by atoms with Crippen LogP contribution in [0.2, 0.25) is 0 Å². The summed E-state index contributed by atoms with van der Waals surface area (Å²) in [6.07, 6.45) is 1.90. The zero-order valence-corrected chi connectivity index (χ0v) is 14.8. The van der Waals surface area contributed by atoms with Crippen molar-refractivity contribution in [2.75, 3.05) is 32.5 Å². The zero-order valence-electron chi connectivity index (χ0n) is 14.8. The molecule has 0 spiro atoms. The van der Waals surface area contributed by atoms with Gasteiger partial charge in [0.25, 0.3) is 0 Å². The summed E-state index contributed by atoms with van der Waals surface area (Å²) in [5, 5.41) is 8.07. The number of fused-ring (bicyclic) bond motifs is 1. The second kappa shape index (κ2) is 7.01. The summed E-state index contributed by atoms with van der Waals surface area (Å²) >= 11 is 0. The highest BCUT2D eigenvalue weighted by molar-refractivity contribution is 5.78. The molecular formula is C19H25N5. The molecule has 126 valence electrons. The van der Waals surface area contributed by atoms with Gasteiger partial charge in [-0.25, -0.2) is 4.98 Å². The lowest BCUT2D eigenvalue weighted by atomic mass is 10.1. The highest BCUT2D eigenvalue weighted by Crippen LogP contribution is 2.27. The molecule has 5 heteroatoms. The molecule has 3 rings (SSSR count). The van der Waals surface area contributed by atoms with E-state index < -0.39 is 0 Å². The van der Waals surface area contributed by atoms with Gasteiger partial charge in [-0.15, -0.1) is 0 Å². The van der Waals surface area contributed by atoms with E-state index in [4.69, 9.17) is 4.98 Å². The number of hydrogen-bond donors (Lipinski definition) is 1. The third-order valence-corrected chi connectivity index (χ3v) is 4.03. The Morgan fingerprint density at radius 1 is 1.17 bits per heavy atom. The van der Waals surface area contributed by atoms with Gasteiger partial charge < -0.3 is 10.2 Å². The summed E-state index contributed by atoms with van der Waals surface area (Å²) in [6.45, 7) is 6.17. The minimum Gasteiger partial charge on any atom is -0.369 e. The smallest absolute Gasteiger partial charge is 0.165 e. The molecule has 3 aromatic rings. The van der Waals surface area contributed by atoms with Crippen molar-refractivity contribution in [2.45, 2.75) is 19.8 Å². The molecule has 0 saturated carbocycles. The maximum Gasteiger partial charge on any atom is 0.165 e. The van der Waals surface area contributed by atoms with Crippen molar-refractivity contribution in [1.82, 2.24) is 19.5 Å². The van der Waals surface area contributed by atoms with Gasteiger partial charge in [0.05, 0.1) is 6.20 Å². The molecule has 0 amide bonds. The number of nitrogens with one attached hydrogen (secondary N) is 1. The third-order valence-electron chi connectivity index (χ3n) is 4.03. The van der Waals surface area contributed by atoms with Gasteiger partial charge in [-0.3, -0.25) is 0 Å². The van der Waals surface area contributed by atoms with E-state index in [0.717, 1.165) is 41.4 Å². The third kappa shape index (κ3) is 3.41. The molecule has 0 radical (unpaired) electrons. The molecule has 2 aromatic heterocycles. The highest BCUT2D eigenvalue weighted by atomic mass is 15.3. The predicted octanol–water partition coefficient (Wildman–Crippen LogP) is 3.49. The summed E-state index contributed by atoms with van der Waals surface area (Å²) < 4.78 is 1.91. The summed E-state index contributed by atoms with van der Waals surface area (Å²) in [5.74, 6) is 1.36.